The number of halogens is 1. The monoisotopic (exact) mass is 238 g/mol. The highest BCUT2D eigenvalue weighted by molar-refractivity contribution is 5.95. The van der Waals surface area contributed by atoms with Crippen LogP contribution in [0, 0.1) is 12.7 Å². The quantitative estimate of drug-likeness (QED) is 0.777. The topological polar surface area (TPSA) is 55.0 Å². The molecule has 0 amide bonds. The number of aryl methyl sites for hydroxylation is 1. The van der Waals surface area contributed by atoms with Crippen molar-refractivity contribution in [2.75, 3.05) is 7.11 Å². The average molecular weight is 238 g/mol. The molecule has 5 heteroatoms. The zero-order valence-electron chi connectivity index (χ0n) is 10.3. The molecule has 0 spiro atoms. The number of carbonyl (C=O) groups excluding carboxylic acids is 1. The van der Waals surface area contributed by atoms with Gasteiger partial charge in [-0.05, 0) is 19.1 Å². The summed E-state index contributed by atoms with van der Waals surface area (Å²) in [6, 6.07) is 2.64. The van der Waals surface area contributed by atoms with Crippen molar-refractivity contribution in [3.05, 3.63) is 29.2 Å². The number of nitrogens with one attached hydrogen (secondary N) is 1. The molecule has 2 aromatic rings. The number of hydrogen-bond acceptors (Lipinski definition) is 3. The van der Waals surface area contributed by atoms with Crippen LogP contribution in [0.4, 0.5) is 4.39 Å². The molecule has 17 heavy (non-hydrogen) atoms. The highest BCUT2D eigenvalue weighted by atomic mass is 19.1. The van der Waals surface area contributed by atoms with Crippen LogP contribution in [0.5, 0.6) is 0 Å². The first kappa shape index (κ1) is 13.2. The van der Waals surface area contributed by atoms with Crippen LogP contribution in [0.25, 0.3) is 10.9 Å². The van der Waals surface area contributed by atoms with Gasteiger partial charge < -0.3 is 4.74 Å². The van der Waals surface area contributed by atoms with Gasteiger partial charge in [0.25, 0.3) is 0 Å². The molecule has 0 unspecified atom stereocenters. The molecule has 0 saturated heterocycles. The Morgan fingerprint density at radius 3 is 2.65 bits per heavy atom. The summed E-state index contributed by atoms with van der Waals surface area (Å²) in [5.74, 6) is -1.05. The van der Waals surface area contributed by atoms with Gasteiger partial charge in [-0.25, -0.2) is 9.18 Å². The summed E-state index contributed by atoms with van der Waals surface area (Å²) in [6.07, 6.45) is 0. The Morgan fingerprint density at radius 1 is 1.41 bits per heavy atom. The Balaban J connectivity index is 0.000000686. The summed E-state index contributed by atoms with van der Waals surface area (Å²) in [7, 11) is 1.25. The lowest BCUT2D eigenvalue weighted by atomic mass is 10.1. The predicted octanol–water partition coefficient (Wildman–Crippen LogP) is 2.82. The number of benzene rings is 1. The molecule has 0 atom stereocenters. The summed E-state index contributed by atoms with van der Waals surface area (Å²) in [5.41, 5.74) is 1.22. The van der Waals surface area contributed by atoms with Gasteiger partial charge in [0.15, 0.2) is 0 Å². The standard InChI is InChI=1S/C10H9FN2O2.C2H6/c1-5-9-7(11)3-6(10(14)15-2)4-8(9)13-12-5;1-2/h3-4H,1-2H3,(H,12,13);1-2H3. The molecule has 2 rings (SSSR count). The van der Waals surface area contributed by atoms with E-state index in [9.17, 15) is 9.18 Å². The molecule has 92 valence electrons. The number of fused-ring (bicyclic) bond motifs is 1. The van der Waals surface area contributed by atoms with Crippen molar-refractivity contribution in [1.82, 2.24) is 10.2 Å². The van der Waals surface area contributed by atoms with Crippen LogP contribution in [-0.2, 0) is 4.74 Å². The molecule has 1 aromatic carbocycles. The van der Waals surface area contributed by atoms with Gasteiger partial charge in [0.05, 0.1) is 23.6 Å². The van der Waals surface area contributed by atoms with Crippen molar-refractivity contribution in [2.24, 2.45) is 0 Å². The minimum absolute atomic E-state index is 0.161. The summed E-state index contributed by atoms with van der Waals surface area (Å²) in [4.78, 5) is 11.2. The van der Waals surface area contributed by atoms with E-state index in [-0.39, 0.29) is 5.56 Å². The van der Waals surface area contributed by atoms with E-state index in [1.165, 1.54) is 13.2 Å². The van der Waals surface area contributed by atoms with Crippen LogP contribution in [0.1, 0.15) is 29.9 Å². The maximum absolute atomic E-state index is 13.6. The Hall–Kier alpha value is -1.91. The van der Waals surface area contributed by atoms with E-state index in [1.807, 2.05) is 13.8 Å². The third kappa shape index (κ3) is 2.43. The van der Waals surface area contributed by atoms with E-state index >= 15 is 0 Å². The lowest BCUT2D eigenvalue weighted by Gasteiger charge is -1.99. The van der Waals surface area contributed by atoms with Gasteiger partial charge in [-0.3, -0.25) is 5.10 Å². The number of aromatic nitrogens is 2. The van der Waals surface area contributed by atoms with Crippen molar-refractivity contribution in [2.45, 2.75) is 20.8 Å². The third-order valence-electron chi connectivity index (χ3n) is 2.21. The molecule has 4 nitrogen and oxygen atoms in total. The van der Waals surface area contributed by atoms with Crippen molar-refractivity contribution in [3.63, 3.8) is 0 Å². The highest BCUT2D eigenvalue weighted by Crippen LogP contribution is 2.21. The van der Waals surface area contributed by atoms with Crippen LogP contribution in [0.15, 0.2) is 12.1 Å². The fourth-order valence-electron chi connectivity index (χ4n) is 1.49. The zero-order chi connectivity index (χ0) is 13.0. The van der Waals surface area contributed by atoms with Gasteiger partial charge in [-0.2, -0.15) is 5.10 Å². The maximum Gasteiger partial charge on any atom is 0.338 e. The highest BCUT2D eigenvalue weighted by Gasteiger charge is 2.13. The minimum atomic E-state index is -0.573. The maximum atomic E-state index is 13.6. The molecule has 0 radical (unpaired) electrons. The molecule has 0 saturated carbocycles. The molecule has 0 aliphatic carbocycles. The molecule has 1 aromatic heterocycles. The summed E-state index contributed by atoms with van der Waals surface area (Å²) in [5, 5.41) is 6.95. The summed E-state index contributed by atoms with van der Waals surface area (Å²) >= 11 is 0. The molecule has 0 aliphatic heterocycles. The second-order valence-electron chi connectivity index (χ2n) is 3.19. The van der Waals surface area contributed by atoms with Crippen LogP contribution in [-0.4, -0.2) is 23.3 Å². The van der Waals surface area contributed by atoms with Crippen molar-refractivity contribution in [3.8, 4) is 0 Å². The second kappa shape index (κ2) is 5.43. The fourth-order valence-corrected chi connectivity index (χ4v) is 1.49. The summed E-state index contributed by atoms with van der Waals surface area (Å²) in [6.45, 7) is 5.72. The third-order valence-corrected chi connectivity index (χ3v) is 2.21. The van der Waals surface area contributed by atoms with Gasteiger partial charge >= 0.3 is 5.97 Å². The number of esters is 1. The second-order valence-corrected chi connectivity index (χ2v) is 3.19. The Kier molecular flexibility index (Phi) is 4.20. The van der Waals surface area contributed by atoms with Crippen LogP contribution < -0.4 is 0 Å². The first-order valence-corrected chi connectivity index (χ1v) is 5.36. The van der Waals surface area contributed by atoms with Crippen LogP contribution in [0.3, 0.4) is 0 Å². The molecule has 0 aliphatic rings. The predicted molar refractivity (Wildman–Crippen MR) is 63.5 cm³/mol. The van der Waals surface area contributed by atoms with Crippen LogP contribution >= 0.6 is 0 Å². The normalized spacial score (nSPS) is 9.71. The van der Waals surface area contributed by atoms with Crippen molar-refractivity contribution in [1.29, 1.82) is 0 Å². The number of rotatable bonds is 1. The van der Waals surface area contributed by atoms with Gasteiger partial charge in [-0.15, -0.1) is 0 Å². The van der Waals surface area contributed by atoms with Crippen molar-refractivity contribution >= 4 is 16.9 Å². The Morgan fingerprint density at radius 2 is 2.06 bits per heavy atom. The zero-order valence-corrected chi connectivity index (χ0v) is 10.3. The molecular weight excluding hydrogens is 223 g/mol. The number of hydrogen-bond donors (Lipinski definition) is 1. The van der Waals surface area contributed by atoms with Gasteiger partial charge in [0.2, 0.25) is 0 Å². The van der Waals surface area contributed by atoms with Crippen LogP contribution in [0.2, 0.25) is 0 Å². The SMILES string of the molecule is CC.COC(=O)c1cc(F)c2c(C)[nH]nc2c1. The van der Waals surface area contributed by atoms with Gasteiger partial charge in [0.1, 0.15) is 5.82 Å². The number of methoxy groups -OCH3 is 1. The number of carbonyl (C=O) groups is 1. The Bertz CT molecular complexity index is 535. The first-order chi connectivity index (χ1) is 8.13. The number of H-pyrrole nitrogens is 1. The number of aromatic amines is 1. The smallest absolute Gasteiger partial charge is 0.338 e. The molecule has 0 bridgehead atoms. The number of nitrogens with zero attached hydrogens (tertiary/aromatic N) is 1. The van der Waals surface area contributed by atoms with E-state index in [1.54, 1.807) is 6.92 Å². The average Bonchev–Trinajstić information content (AvgIpc) is 2.73. The Labute approximate surface area is 98.8 Å². The van der Waals surface area contributed by atoms with E-state index in [4.69, 9.17) is 0 Å². The largest absolute Gasteiger partial charge is 0.465 e. The molecule has 0 fully saturated rings. The van der Waals surface area contributed by atoms with E-state index in [0.29, 0.717) is 16.6 Å². The van der Waals surface area contributed by atoms with E-state index in [2.05, 4.69) is 14.9 Å². The summed E-state index contributed by atoms with van der Waals surface area (Å²) < 4.78 is 18.1. The molecular formula is C12H15FN2O2. The first-order valence-electron chi connectivity index (χ1n) is 5.36. The van der Waals surface area contributed by atoms with E-state index in [0.717, 1.165) is 6.07 Å². The number of ether oxygens (including phenoxy) is 1. The molecule has 1 heterocycles. The fraction of sp³-hybridized carbons (Fsp3) is 0.333. The lowest BCUT2D eigenvalue weighted by Crippen LogP contribution is -2.01. The lowest BCUT2D eigenvalue weighted by molar-refractivity contribution is 0.0600. The van der Waals surface area contributed by atoms with Crippen molar-refractivity contribution < 1.29 is 13.9 Å². The van der Waals surface area contributed by atoms with Gasteiger partial charge in [0, 0.05) is 5.69 Å². The van der Waals surface area contributed by atoms with Gasteiger partial charge in [-0.1, -0.05) is 13.8 Å². The minimum Gasteiger partial charge on any atom is -0.465 e. The van der Waals surface area contributed by atoms with E-state index < -0.39 is 11.8 Å². The molecule has 1 N–H and O–H groups in total.